The molecule has 2 aromatic heterocycles. The summed E-state index contributed by atoms with van der Waals surface area (Å²) < 4.78 is 28.6. The predicted molar refractivity (Wildman–Crippen MR) is 109 cm³/mol. The molecule has 4 rings (SSSR count). The summed E-state index contributed by atoms with van der Waals surface area (Å²) in [5, 5.41) is -0.0825. The Morgan fingerprint density at radius 1 is 1.25 bits per heavy atom. The van der Waals surface area contributed by atoms with Crippen molar-refractivity contribution in [2.24, 2.45) is 0 Å². The minimum absolute atomic E-state index is 0.0825. The molecule has 1 aliphatic heterocycles. The largest absolute Gasteiger partial charge is 0.497 e. The van der Waals surface area contributed by atoms with Crippen LogP contribution in [0.4, 0.5) is 0 Å². The fourth-order valence-electron chi connectivity index (χ4n) is 3.28. The van der Waals surface area contributed by atoms with E-state index in [0.29, 0.717) is 0 Å². The molecule has 0 N–H and O–H groups in total. The third-order valence-electron chi connectivity index (χ3n) is 4.72. The van der Waals surface area contributed by atoms with Crippen molar-refractivity contribution in [3.63, 3.8) is 0 Å². The molecule has 0 unspecified atom stereocenters. The normalized spacial score (nSPS) is 14.6. The first-order valence-electron chi connectivity index (χ1n) is 8.93. The molecule has 8 heteroatoms. The topological polar surface area (TPSA) is 72.4 Å². The van der Waals surface area contributed by atoms with Gasteiger partial charge in [-0.05, 0) is 29.8 Å². The summed E-state index contributed by atoms with van der Waals surface area (Å²) in [6.07, 6.45) is 3.52. The molecule has 0 fully saturated rings. The number of thiophene rings is 1. The Morgan fingerprint density at radius 2 is 2.11 bits per heavy atom. The lowest BCUT2D eigenvalue weighted by atomic mass is 10.1. The summed E-state index contributed by atoms with van der Waals surface area (Å²) in [5.41, 5.74) is 3.00. The van der Waals surface area contributed by atoms with Gasteiger partial charge in [0, 0.05) is 53.8 Å². The number of rotatable bonds is 5. The maximum atomic E-state index is 11.6. The maximum absolute atomic E-state index is 11.6. The lowest BCUT2D eigenvalue weighted by Gasteiger charge is -2.27. The molecule has 0 aliphatic carbocycles. The van der Waals surface area contributed by atoms with E-state index in [0.717, 1.165) is 54.9 Å². The van der Waals surface area contributed by atoms with E-state index in [2.05, 4.69) is 33.1 Å². The summed E-state index contributed by atoms with van der Waals surface area (Å²) >= 11 is 1.78. The molecule has 146 valence electrons. The van der Waals surface area contributed by atoms with Crippen LogP contribution in [0.25, 0.3) is 10.4 Å². The Labute approximate surface area is 168 Å². The minimum Gasteiger partial charge on any atom is -0.497 e. The van der Waals surface area contributed by atoms with Crippen molar-refractivity contribution >= 4 is 21.2 Å². The Kier molecular flexibility index (Phi) is 5.18. The molecule has 0 saturated carbocycles. The van der Waals surface area contributed by atoms with Gasteiger partial charge in [0.1, 0.15) is 5.75 Å². The maximum Gasteiger partial charge on any atom is 0.246 e. The van der Waals surface area contributed by atoms with Crippen LogP contribution in [-0.4, -0.2) is 43.2 Å². The van der Waals surface area contributed by atoms with Crippen LogP contribution in [0.15, 0.2) is 47.8 Å². The van der Waals surface area contributed by atoms with Crippen LogP contribution < -0.4 is 4.74 Å². The van der Waals surface area contributed by atoms with Gasteiger partial charge < -0.3 is 4.74 Å². The number of ether oxygens (including phenoxy) is 1. The zero-order valence-corrected chi connectivity index (χ0v) is 17.4. The monoisotopic (exact) mass is 415 g/mol. The third kappa shape index (κ3) is 4.09. The van der Waals surface area contributed by atoms with Crippen molar-refractivity contribution in [3.8, 4) is 16.2 Å². The van der Waals surface area contributed by atoms with Crippen LogP contribution in [0.1, 0.15) is 16.1 Å². The highest BCUT2D eigenvalue weighted by molar-refractivity contribution is 7.90. The van der Waals surface area contributed by atoms with Gasteiger partial charge in [0.15, 0.2) is 0 Å². The molecule has 1 aliphatic rings. The van der Waals surface area contributed by atoms with Gasteiger partial charge in [0.25, 0.3) is 0 Å². The predicted octanol–water partition coefficient (Wildman–Crippen LogP) is 3.18. The molecule has 0 spiro atoms. The van der Waals surface area contributed by atoms with E-state index in [-0.39, 0.29) is 5.16 Å². The van der Waals surface area contributed by atoms with Gasteiger partial charge in [-0.2, -0.15) is 0 Å². The van der Waals surface area contributed by atoms with Gasteiger partial charge in [-0.3, -0.25) is 4.90 Å². The smallest absolute Gasteiger partial charge is 0.246 e. The second kappa shape index (κ2) is 7.62. The Balaban J connectivity index is 1.47. The molecule has 0 bridgehead atoms. The van der Waals surface area contributed by atoms with E-state index in [1.807, 2.05) is 18.2 Å². The quantitative estimate of drug-likeness (QED) is 0.596. The molecule has 1 aromatic carbocycles. The fraction of sp³-hybridized carbons (Fsp3) is 0.300. The van der Waals surface area contributed by atoms with Gasteiger partial charge in [0.05, 0.1) is 12.8 Å². The molecule has 3 aromatic rings. The second-order valence-electron chi connectivity index (χ2n) is 6.86. The SMILES string of the molecule is COc1cccc(-c2ccc(CN3CCc4nc(S(C)(=O)=O)ncc4C3)s2)c1. The van der Waals surface area contributed by atoms with E-state index in [1.165, 1.54) is 9.75 Å². The van der Waals surface area contributed by atoms with E-state index in [1.54, 1.807) is 24.6 Å². The molecule has 0 atom stereocenters. The van der Waals surface area contributed by atoms with Crippen molar-refractivity contribution in [1.82, 2.24) is 14.9 Å². The molecule has 0 saturated heterocycles. The summed E-state index contributed by atoms with van der Waals surface area (Å²) in [5.74, 6) is 0.855. The Morgan fingerprint density at radius 3 is 2.89 bits per heavy atom. The van der Waals surface area contributed by atoms with Crippen LogP contribution in [-0.2, 0) is 29.3 Å². The molecule has 3 heterocycles. The van der Waals surface area contributed by atoms with Gasteiger partial charge in [-0.15, -0.1) is 11.3 Å². The molecule has 0 amide bonds. The molecular weight excluding hydrogens is 394 g/mol. The fourth-order valence-corrected chi connectivity index (χ4v) is 4.85. The first-order chi connectivity index (χ1) is 13.4. The first kappa shape index (κ1) is 19.0. The van der Waals surface area contributed by atoms with Crippen LogP contribution in [0, 0.1) is 0 Å². The van der Waals surface area contributed by atoms with E-state index in [4.69, 9.17) is 4.74 Å². The zero-order chi connectivity index (χ0) is 19.7. The summed E-state index contributed by atoms with van der Waals surface area (Å²) in [6, 6.07) is 12.4. The highest BCUT2D eigenvalue weighted by atomic mass is 32.2. The van der Waals surface area contributed by atoms with Gasteiger partial charge >= 0.3 is 0 Å². The number of hydrogen-bond acceptors (Lipinski definition) is 7. The van der Waals surface area contributed by atoms with Crippen LogP contribution in [0.5, 0.6) is 5.75 Å². The number of fused-ring (bicyclic) bond motifs is 1. The average Bonchev–Trinajstić information content (AvgIpc) is 3.15. The number of benzene rings is 1. The molecule has 0 radical (unpaired) electrons. The van der Waals surface area contributed by atoms with Gasteiger partial charge in [-0.25, -0.2) is 18.4 Å². The van der Waals surface area contributed by atoms with Gasteiger partial charge in [-0.1, -0.05) is 12.1 Å². The summed E-state index contributed by atoms with van der Waals surface area (Å²) in [7, 11) is -1.69. The van der Waals surface area contributed by atoms with E-state index >= 15 is 0 Å². The van der Waals surface area contributed by atoms with Crippen molar-refractivity contribution in [1.29, 1.82) is 0 Å². The summed E-state index contributed by atoms with van der Waals surface area (Å²) in [6.45, 7) is 2.42. The number of methoxy groups -OCH3 is 1. The second-order valence-corrected chi connectivity index (χ2v) is 9.93. The number of hydrogen-bond donors (Lipinski definition) is 0. The average molecular weight is 416 g/mol. The first-order valence-corrected chi connectivity index (χ1v) is 11.6. The van der Waals surface area contributed by atoms with Crippen molar-refractivity contribution < 1.29 is 13.2 Å². The zero-order valence-electron chi connectivity index (χ0n) is 15.8. The van der Waals surface area contributed by atoms with Crippen molar-refractivity contribution in [2.75, 3.05) is 19.9 Å². The highest BCUT2D eigenvalue weighted by Gasteiger charge is 2.21. The van der Waals surface area contributed by atoms with Crippen LogP contribution >= 0.6 is 11.3 Å². The lowest BCUT2D eigenvalue weighted by molar-refractivity contribution is 0.244. The van der Waals surface area contributed by atoms with Crippen LogP contribution in [0.2, 0.25) is 0 Å². The molecular formula is C20H21N3O3S2. The number of aromatic nitrogens is 2. The van der Waals surface area contributed by atoms with Gasteiger partial charge in [0.2, 0.25) is 15.0 Å². The highest BCUT2D eigenvalue weighted by Crippen LogP contribution is 2.31. The minimum atomic E-state index is -3.37. The molecule has 6 nitrogen and oxygen atoms in total. The van der Waals surface area contributed by atoms with E-state index < -0.39 is 9.84 Å². The Bertz CT molecular complexity index is 1110. The van der Waals surface area contributed by atoms with Crippen molar-refractivity contribution in [3.05, 3.63) is 58.7 Å². The summed E-state index contributed by atoms with van der Waals surface area (Å²) in [4.78, 5) is 13.1. The number of nitrogens with zero attached hydrogens (tertiary/aromatic N) is 3. The number of sulfone groups is 1. The molecule has 28 heavy (non-hydrogen) atoms. The van der Waals surface area contributed by atoms with Crippen molar-refractivity contribution in [2.45, 2.75) is 24.7 Å². The Hall–Kier alpha value is -2.29. The lowest BCUT2D eigenvalue weighted by Crippen LogP contribution is -2.31. The van der Waals surface area contributed by atoms with Crippen LogP contribution in [0.3, 0.4) is 0 Å². The third-order valence-corrected chi connectivity index (χ3v) is 6.70. The van der Waals surface area contributed by atoms with E-state index in [9.17, 15) is 8.42 Å². The standard InChI is InChI=1S/C20H21N3O3S2/c1-26-16-5-3-4-14(10-16)19-7-6-17(27-19)13-23-9-8-18-15(12-23)11-21-20(22-18)28(2,24)25/h3-7,10-11H,8-9,12-13H2,1-2H3.